The van der Waals surface area contributed by atoms with Gasteiger partial charge in [-0.15, -0.1) is 0 Å². The minimum absolute atomic E-state index is 0.0398. The van der Waals surface area contributed by atoms with Crippen LogP contribution in [0.5, 0.6) is 11.5 Å². The third kappa shape index (κ3) is 8.91. The summed E-state index contributed by atoms with van der Waals surface area (Å²) in [6.07, 6.45) is 2.00. The Balaban J connectivity index is 0.000000299. The van der Waals surface area contributed by atoms with Crippen molar-refractivity contribution >= 4 is 39.9 Å². The van der Waals surface area contributed by atoms with Crippen LogP contribution in [0.2, 0.25) is 0 Å². The van der Waals surface area contributed by atoms with Crippen LogP contribution in [0.1, 0.15) is 31.7 Å². The molecule has 0 radical (unpaired) electrons. The normalized spacial score (nSPS) is 20.6. The second kappa shape index (κ2) is 15.8. The first-order valence-corrected chi connectivity index (χ1v) is 20.7. The Morgan fingerprint density at radius 1 is 0.702 bits per heavy atom. The Hall–Kier alpha value is -3.16. The maximum Gasteiger partial charge on any atom is 0.427 e. The fourth-order valence-electron chi connectivity index (χ4n) is 4.08. The molecule has 2 heterocycles. The summed E-state index contributed by atoms with van der Waals surface area (Å²) in [5, 5.41) is -18.4. The molecule has 57 heavy (non-hydrogen) atoms. The molecule has 2 aliphatic rings. The fourth-order valence-corrected chi connectivity index (χ4v) is 9.03. The van der Waals surface area contributed by atoms with Crippen LogP contribution in [0.15, 0.2) is 29.2 Å². The van der Waals surface area contributed by atoms with Crippen molar-refractivity contribution in [3.05, 3.63) is 57.2 Å². The van der Waals surface area contributed by atoms with Crippen molar-refractivity contribution in [3.63, 3.8) is 0 Å². The number of nitrogens with zero attached hydrogens (tertiary/aromatic N) is 2. The Labute approximate surface area is 312 Å². The van der Waals surface area contributed by atoms with E-state index in [1.807, 2.05) is 0 Å². The maximum atomic E-state index is 13.7. The molecule has 0 spiro atoms. The van der Waals surface area contributed by atoms with Crippen LogP contribution in [0, 0.1) is 30.2 Å². The fraction of sp³-hybridized carbons (Fsp3) is 0.538. The molecule has 31 heteroatoms. The minimum Gasteiger partial charge on any atom is -0.451 e. The zero-order valence-electron chi connectivity index (χ0n) is 28.1. The molecule has 328 valence electrons. The number of hydrogen-bond acceptors (Lipinski definition) is 9. The average molecular weight is 940 g/mol. The molecule has 0 unspecified atom stereocenters. The third-order valence-corrected chi connectivity index (χ3v) is 13.8. The zero-order chi connectivity index (χ0) is 45.0. The van der Waals surface area contributed by atoms with Crippen molar-refractivity contribution in [2.24, 2.45) is 0 Å². The summed E-state index contributed by atoms with van der Waals surface area (Å²) in [6.45, 7) is -0.291. The Morgan fingerprint density at radius 2 is 1.09 bits per heavy atom. The standard InChI is InChI=1S/C14H10F4O3S.C9H13F6NO2S.C3F6NO4S2/c1-7-10(15)12(17)14(13(18)11(7)16)21-8-3-5-9(6-4-8)22(2,19)20;1-7(10,11)8(12,13)9(14,15)19(17,18)16-5-3-2-4-6-16;4-1(5)2(6,7)15(11,12)10-16(13,14)3(1,8)9/h3-6H,1-2H3;2-6H2,1H3;/q;;-1. The van der Waals surface area contributed by atoms with E-state index in [4.69, 9.17) is 4.74 Å². The van der Waals surface area contributed by atoms with Gasteiger partial charge in [0.2, 0.25) is 17.4 Å². The largest absolute Gasteiger partial charge is 0.451 e. The monoisotopic (exact) mass is 939 g/mol. The summed E-state index contributed by atoms with van der Waals surface area (Å²) in [7, 11) is -22.4. The lowest BCUT2D eigenvalue weighted by atomic mass is 10.2. The van der Waals surface area contributed by atoms with E-state index in [0.717, 1.165) is 41.6 Å². The minimum atomic E-state index is -6.60. The number of benzene rings is 2. The van der Waals surface area contributed by atoms with E-state index in [0.29, 0.717) is 6.42 Å². The molecule has 0 N–H and O–H groups in total. The highest BCUT2D eigenvalue weighted by Crippen LogP contribution is 2.58. The van der Waals surface area contributed by atoms with E-state index in [-0.39, 0.29) is 40.9 Å². The molecule has 0 atom stereocenters. The first-order chi connectivity index (χ1) is 25.2. The van der Waals surface area contributed by atoms with Gasteiger partial charge >= 0.3 is 33.5 Å². The molecule has 2 aromatic rings. The molecule has 11 nitrogen and oxygen atoms in total. The van der Waals surface area contributed by atoms with Crippen molar-refractivity contribution in [1.82, 2.24) is 4.31 Å². The summed E-state index contributed by atoms with van der Waals surface area (Å²) in [4.78, 5) is -0.0398. The van der Waals surface area contributed by atoms with E-state index < -0.39 is 115 Å². The van der Waals surface area contributed by atoms with Gasteiger partial charge in [0.25, 0.3) is 10.0 Å². The highest BCUT2D eigenvalue weighted by molar-refractivity contribution is 8.13. The predicted octanol–water partition coefficient (Wildman–Crippen LogP) is 7.29. The van der Waals surface area contributed by atoms with E-state index in [9.17, 15) is 104 Å². The first kappa shape index (κ1) is 50.0. The number of alkyl halides is 12. The highest BCUT2D eigenvalue weighted by Gasteiger charge is 2.82. The van der Waals surface area contributed by atoms with Crippen LogP contribution in [0.4, 0.5) is 70.2 Å². The Kier molecular flexibility index (Phi) is 13.8. The molecule has 2 aliphatic heterocycles. The van der Waals surface area contributed by atoms with Gasteiger partial charge in [0.05, 0.1) is 4.90 Å². The topological polar surface area (TPSA) is 163 Å². The van der Waals surface area contributed by atoms with Gasteiger partial charge in [0, 0.05) is 31.8 Å². The van der Waals surface area contributed by atoms with Gasteiger partial charge in [-0.1, -0.05) is 6.42 Å². The van der Waals surface area contributed by atoms with Gasteiger partial charge in [-0.25, -0.2) is 42.5 Å². The molecule has 0 aromatic heterocycles. The van der Waals surface area contributed by atoms with Gasteiger partial charge < -0.3 is 8.86 Å². The summed E-state index contributed by atoms with van der Waals surface area (Å²) < 4.78 is 300. The molecule has 0 saturated carbocycles. The quantitative estimate of drug-likeness (QED) is 0.205. The van der Waals surface area contributed by atoms with Crippen molar-refractivity contribution in [2.75, 3.05) is 19.3 Å². The lowest BCUT2D eigenvalue weighted by Crippen LogP contribution is -2.64. The predicted molar refractivity (Wildman–Crippen MR) is 162 cm³/mol. The lowest BCUT2D eigenvalue weighted by molar-refractivity contribution is -0.272. The lowest BCUT2D eigenvalue weighted by Gasteiger charge is -2.42. The van der Waals surface area contributed by atoms with Crippen LogP contribution in [-0.4, -0.2) is 90.9 Å². The molecule has 4 rings (SSSR count). The SMILES string of the molecule is CC(F)(F)C(F)(F)C(F)(F)S(=O)(=O)N1CCCCC1.Cc1c(F)c(F)c(Oc2ccc(S(C)(=O)=O)cc2)c(F)c1F.O=S1(=O)[N-]S(=O)(=O)C(F)(F)C(F)(F)C1(F)F. The number of halogens is 16. The molecule has 0 amide bonds. The Morgan fingerprint density at radius 3 is 1.44 bits per heavy atom. The van der Waals surface area contributed by atoms with Crippen LogP contribution >= 0.6 is 0 Å². The van der Waals surface area contributed by atoms with Crippen LogP contribution in [-0.2, 0) is 39.9 Å². The summed E-state index contributed by atoms with van der Waals surface area (Å²) in [6, 6.07) is 4.51. The second-order valence-electron chi connectivity index (χ2n) is 11.6. The number of sulfone groups is 1. The Bertz CT molecular complexity index is 2210. The summed E-state index contributed by atoms with van der Waals surface area (Å²) in [5.74, 6) is -25.6. The molecular weight excluding hydrogens is 917 g/mol. The smallest absolute Gasteiger partial charge is 0.427 e. The molecule has 2 aromatic carbocycles. The summed E-state index contributed by atoms with van der Waals surface area (Å²) >= 11 is 0. The maximum absolute atomic E-state index is 13.7. The highest BCUT2D eigenvalue weighted by atomic mass is 32.3. The van der Waals surface area contributed by atoms with Gasteiger partial charge in [0.1, 0.15) is 5.75 Å². The van der Waals surface area contributed by atoms with Crippen molar-refractivity contribution in [2.45, 2.75) is 71.5 Å². The van der Waals surface area contributed by atoms with E-state index >= 15 is 0 Å². The molecule has 0 aliphatic carbocycles. The van der Waals surface area contributed by atoms with Gasteiger partial charge in [-0.05, 0) is 44.0 Å². The van der Waals surface area contributed by atoms with Crippen molar-refractivity contribution < 1.29 is 109 Å². The molecule has 2 saturated heterocycles. The van der Waals surface area contributed by atoms with Crippen LogP contribution in [0.3, 0.4) is 0 Å². The van der Waals surface area contributed by atoms with Crippen LogP contribution < -0.4 is 4.74 Å². The van der Waals surface area contributed by atoms with Crippen molar-refractivity contribution in [3.8, 4) is 11.5 Å². The van der Waals surface area contributed by atoms with E-state index in [1.165, 1.54) is 0 Å². The number of ether oxygens (including phenoxy) is 1. The van der Waals surface area contributed by atoms with Gasteiger partial charge in [0.15, 0.2) is 41.5 Å². The number of piperidine rings is 1. The summed E-state index contributed by atoms with van der Waals surface area (Å²) in [5.41, 5.74) is -0.797. The average Bonchev–Trinajstić information content (AvgIpc) is 3.07. The zero-order valence-corrected chi connectivity index (χ0v) is 31.4. The third-order valence-electron chi connectivity index (χ3n) is 7.39. The first-order valence-electron chi connectivity index (χ1n) is 14.5. The molecular formula is C26H23F16N2O9S4-. The van der Waals surface area contributed by atoms with Gasteiger partial charge in [-0.3, -0.25) is 0 Å². The van der Waals surface area contributed by atoms with E-state index in [2.05, 4.69) is 0 Å². The number of sulfonamides is 3. The number of hydrogen-bond donors (Lipinski definition) is 0. The van der Waals surface area contributed by atoms with Gasteiger partial charge in [-0.2, -0.15) is 65.8 Å². The van der Waals surface area contributed by atoms with E-state index in [1.54, 1.807) is 0 Å². The van der Waals surface area contributed by atoms with Crippen molar-refractivity contribution in [1.29, 1.82) is 0 Å². The molecule has 0 bridgehead atoms. The molecule has 2 fully saturated rings. The van der Waals surface area contributed by atoms with Crippen LogP contribution in [0.25, 0.3) is 4.13 Å². The number of rotatable bonds is 7. The second-order valence-corrected chi connectivity index (χ2v) is 19.1.